The first-order chi connectivity index (χ1) is 13.7. The summed E-state index contributed by atoms with van der Waals surface area (Å²) in [7, 11) is 1.48. The van der Waals surface area contributed by atoms with E-state index in [-0.39, 0.29) is 33.9 Å². The van der Waals surface area contributed by atoms with E-state index >= 15 is 0 Å². The van der Waals surface area contributed by atoms with Gasteiger partial charge < -0.3 is 20.1 Å². The molecule has 1 heterocycles. The summed E-state index contributed by atoms with van der Waals surface area (Å²) in [5, 5.41) is 5.84. The molecule has 2 N–H and O–H groups in total. The van der Waals surface area contributed by atoms with Gasteiger partial charge in [0.2, 0.25) is 0 Å². The topological polar surface area (TPSA) is 93.7 Å². The average molecular weight is 459 g/mol. The molecule has 0 saturated heterocycles. The SMILES string of the molecule is CCOC(=O)c1c(NC(=O)C(C)Oc2cccc(Cl)c2Cl)sc(C(=O)NC)c1C. The minimum absolute atomic E-state index is 0.136. The molecule has 1 aromatic heterocycles. The second kappa shape index (κ2) is 9.96. The second-order valence-electron chi connectivity index (χ2n) is 5.86. The van der Waals surface area contributed by atoms with Gasteiger partial charge in [-0.2, -0.15) is 0 Å². The van der Waals surface area contributed by atoms with Crippen LogP contribution in [0.4, 0.5) is 5.00 Å². The first kappa shape index (κ1) is 23.0. The fourth-order valence-corrected chi connectivity index (χ4v) is 3.89. The minimum atomic E-state index is -0.952. The fourth-order valence-electron chi connectivity index (χ4n) is 2.41. The van der Waals surface area contributed by atoms with Crippen LogP contribution in [-0.2, 0) is 9.53 Å². The smallest absolute Gasteiger partial charge is 0.341 e. The summed E-state index contributed by atoms with van der Waals surface area (Å²) in [5.41, 5.74) is 0.561. The molecule has 7 nitrogen and oxygen atoms in total. The van der Waals surface area contributed by atoms with Crippen LogP contribution in [0.5, 0.6) is 5.75 Å². The van der Waals surface area contributed by atoms with Crippen LogP contribution in [0.15, 0.2) is 18.2 Å². The lowest BCUT2D eigenvalue weighted by Crippen LogP contribution is -2.30. The number of benzene rings is 1. The van der Waals surface area contributed by atoms with Gasteiger partial charge in [-0.15, -0.1) is 11.3 Å². The van der Waals surface area contributed by atoms with Gasteiger partial charge in [-0.1, -0.05) is 29.3 Å². The highest BCUT2D eigenvalue weighted by Gasteiger charge is 2.28. The third-order valence-electron chi connectivity index (χ3n) is 3.89. The molecule has 0 spiro atoms. The Kier molecular flexibility index (Phi) is 7.89. The van der Waals surface area contributed by atoms with E-state index in [0.29, 0.717) is 15.5 Å². The lowest BCUT2D eigenvalue weighted by Gasteiger charge is -2.16. The number of carbonyl (C=O) groups is 3. The zero-order valence-corrected chi connectivity index (χ0v) is 18.6. The van der Waals surface area contributed by atoms with Crippen molar-refractivity contribution in [2.75, 3.05) is 19.0 Å². The minimum Gasteiger partial charge on any atom is -0.479 e. The molecule has 0 aliphatic heterocycles. The van der Waals surface area contributed by atoms with Crippen molar-refractivity contribution in [2.24, 2.45) is 0 Å². The Morgan fingerprint density at radius 2 is 1.93 bits per heavy atom. The van der Waals surface area contributed by atoms with Crippen LogP contribution in [0.25, 0.3) is 0 Å². The van der Waals surface area contributed by atoms with Gasteiger partial charge in [0, 0.05) is 7.05 Å². The highest BCUT2D eigenvalue weighted by molar-refractivity contribution is 7.18. The number of halogens is 2. The number of esters is 1. The van der Waals surface area contributed by atoms with E-state index in [1.807, 2.05) is 0 Å². The van der Waals surface area contributed by atoms with E-state index in [1.165, 1.54) is 14.0 Å². The first-order valence-corrected chi connectivity index (χ1v) is 10.2. The van der Waals surface area contributed by atoms with Crippen molar-refractivity contribution in [3.63, 3.8) is 0 Å². The number of rotatable bonds is 7. The Labute approximate surface area is 182 Å². The second-order valence-corrected chi connectivity index (χ2v) is 7.67. The van der Waals surface area contributed by atoms with Crippen molar-refractivity contribution >= 4 is 57.3 Å². The van der Waals surface area contributed by atoms with E-state index in [2.05, 4.69) is 10.6 Å². The summed E-state index contributed by atoms with van der Waals surface area (Å²) in [6.45, 7) is 4.97. The fraction of sp³-hybridized carbons (Fsp3) is 0.316. The molecule has 1 aromatic carbocycles. The Morgan fingerprint density at radius 3 is 2.55 bits per heavy atom. The van der Waals surface area contributed by atoms with E-state index in [1.54, 1.807) is 32.0 Å². The number of hydrogen-bond donors (Lipinski definition) is 2. The molecule has 1 atom stereocenters. The molecule has 0 fully saturated rings. The van der Waals surface area contributed by atoms with Gasteiger partial charge in [-0.25, -0.2) is 4.79 Å². The molecule has 0 radical (unpaired) electrons. The molecule has 0 bridgehead atoms. The molecule has 0 saturated carbocycles. The van der Waals surface area contributed by atoms with Gasteiger partial charge >= 0.3 is 5.97 Å². The molecule has 1 unspecified atom stereocenters. The molecule has 2 aromatic rings. The summed E-state index contributed by atoms with van der Waals surface area (Å²) in [6, 6.07) is 4.83. The molecular weight excluding hydrogens is 439 g/mol. The predicted octanol–water partition coefficient (Wildman–Crippen LogP) is 4.31. The van der Waals surface area contributed by atoms with Crippen molar-refractivity contribution in [1.29, 1.82) is 0 Å². The lowest BCUT2D eigenvalue weighted by atomic mass is 10.1. The summed E-state index contributed by atoms with van der Waals surface area (Å²) in [5.74, 6) is -1.27. The van der Waals surface area contributed by atoms with Crippen LogP contribution in [0.3, 0.4) is 0 Å². The van der Waals surface area contributed by atoms with Gasteiger partial charge in [0.25, 0.3) is 11.8 Å². The number of thiophene rings is 1. The van der Waals surface area contributed by atoms with Gasteiger partial charge in [-0.05, 0) is 38.5 Å². The van der Waals surface area contributed by atoms with Crippen LogP contribution in [0.1, 0.15) is 39.4 Å². The van der Waals surface area contributed by atoms with Crippen molar-refractivity contribution in [3.8, 4) is 5.75 Å². The summed E-state index contributed by atoms with van der Waals surface area (Å²) < 4.78 is 10.7. The van der Waals surface area contributed by atoms with E-state index in [9.17, 15) is 14.4 Å². The van der Waals surface area contributed by atoms with Crippen LogP contribution in [0, 0.1) is 6.92 Å². The largest absolute Gasteiger partial charge is 0.479 e. The summed E-state index contributed by atoms with van der Waals surface area (Å²) >= 11 is 13.0. The zero-order valence-electron chi connectivity index (χ0n) is 16.2. The zero-order chi connectivity index (χ0) is 21.7. The van der Waals surface area contributed by atoms with Crippen LogP contribution in [-0.4, -0.2) is 37.5 Å². The Balaban J connectivity index is 2.29. The number of nitrogens with one attached hydrogen (secondary N) is 2. The van der Waals surface area contributed by atoms with Crippen LogP contribution >= 0.6 is 34.5 Å². The van der Waals surface area contributed by atoms with Gasteiger partial charge in [-0.3, -0.25) is 9.59 Å². The number of anilines is 1. The summed E-state index contributed by atoms with van der Waals surface area (Å²) in [4.78, 5) is 37.4. The molecular formula is C19H20Cl2N2O5S. The number of carbonyl (C=O) groups excluding carboxylic acids is 3. The molecule has 2 amide bonds. The lowest BCUT2D eigenvalue weighted by molar-refractivity contribution is -0.122. The highest BCUT2D eigenvalue weighted by Crippen LogP contribution is 2.35. The van der Waals surface area contributed by atoms with Crippen molar-refractivity contribution < 1.29 is 23.9 Å². The Hall–Kier alpha value is -2.29. The highest BCUT2D eigenvalue weighted by atomic mass is 35.5. The van der Waals surface area contributed by atoms with Gasteiger partial charge in [0.1, 0.15) is 15.8 Å². The third-order valence-corrected chi connectivity index (χ3v) is 5.89. The molecule has 0 aliphatic carbocycles. The third kappa shape index (κ3) is 5.20. The van der Waals surface area contributed by atoms with Crippen molar-refractivity contribution in [1.82, 2.24) is 5.32 Å². The van der Waals surface area contributed by atoms with E-state index in [0.717, 1.165) is 11.3 Å². The van der Waals surface area contributed by atoms with Gasteiger partial charge in [0.15, 0.2) is 6.10 Å². The normalized spacial score (nSPS) is 11.5. The number of ether oxygens (including phenoxy) is 2. The quantitative estimate of drug-likeness (QED) is 0.602. The molecule has 29 heavy (non-hydrogen) atoms. The number of amides is 2. The van der Waals surface area contributed by atoms with Crippen LogP contribution in [0.2, 0.25) is 10.0 Å². The van der Waals surface area contributed by atoms with Crippen molar-refractivity contribution in [2.45, 2.75) is 26.9 Å². The Bertz CT molecular complexity index is 945. The summed E-state index contributed by atoms with van der Waals surface area (Å²) in [6.07, 6.45) is -0.952. The maximum absolute atomic E-state index is 12.6. The molecule has 10 heteroatoms. The predicted molar refractivity (Wildman–Crippen MR) is 114 cm³/mol. The standard InChI is InChI=1S/C19H20Cl2N2O5S/c1-5-27-19(26)13-9(2)15(17(25)22-4)29-18(13)23-16(24)10(3)28-12-8-6-7-11(20)14(12)21/h6-8,10H,5H2,1-4H3,(H,22,25)(H,23,24). The maximum Gasteiger partial charge on any atom is 0.341 e. The van der Waals surface area contributed by atoms with Gasteiger partial charge in [0.05, 0.1) is 22.1 Å². The molecule has 0 aliphatic rings. The van der Waals surface area contributed by atoms with E-state index in [4.69, 9.17) is 32.7 Å². The van der Waals surface area contributed by atoms with E-state index < -0.39 is 18.0 Å². The van der Waals surface area contributed by atoms with Crippen molar-refractivity contribution in [3.05, 3.63) is 44.2 Å². The van der Waals surface area contributed by atoms with Crippen LogP contribution < -0.4 is 15.4 Å². The monoisotopic (exact) mass is 458 g/mol. The number of hydrogen-bond acceptors (Lipinski definition) is 6. The first-order valence-electron chi connectivity index (χ1n) is 8.65. The molecule has 156 valence electrons. The Morgan fingerprint density at radius 1 is 1.24 bits per heavy atom. The maximum atomic E-state index is 12.6. The average Bonchev–Trinajstić information content (AvgIpc) is 3.00. The molecule has 2 rings (SSSR count).